The Morgan fingerprint density at radius 1 is 1.05 bits per heavy atom. The van der Waals surface area contributed by atoms with Crippen LogP contribution in [0.25, 0.3) is 11.0 Å². The van der Waals surface area contributed by atoms with E-state index in [0.29, 0.717) is 12.8 Å². The number of ether oxygens (including phenoxy) is 2. The number of fused-ring (bicyclic) bond motifs is 3. The predicted molar refractivity (Wildman–Crippen MR) is 142 cm³/mol. The number of nitrogens with zero attached hydrogens (tertiary/aromatic N) is 4. The van der Waals surface area contributed by atoms with Crippen molar-refractivity contribution in [1.29, 1.82) is 0 Å². The third-order valence-corrected chi connectivity index (χ3v) is 7.96. The van der Waals surface area contributed by atoms with Gasteiger partial charge in [-0.25, -0.2) is 9.78 Å². The number of aliphatic carboxylic acids is 1. The summed E-state index contributed by atoms with van der Waals surface area (Å²) in [5, 5.41) is 9.54. The summed E-state index contributed by atoms with van der Waals surface area (Å²) in [5.74, 6) is 0.497. The molecule has 3 aromatic rings. The number of benzene rings is 2. The molecule has 0 spiro atoms. The Kier molecular flexibility index (Phi) is 6.70. The summed E-state index contributed by atoms with van der Waals surface area (Å²) in [4.78, 5) is 33.2. The van der Waals surface area contributed by atoms with Gasteiger partial charge in [0.1, 0.15) is 5.75 Å². The Labute approximate surface area is 216 Å². The fourth-order valence-electron chi connectivity index (χ4n) is 5.95. The zero-order valence-corrected chi connectivity index (χ0v) is 21.8. The molecular formula is C28H34N4O5. The topological polar surface area (TPSA) is 97.1 Å². The van der Waals surface area contributed by atoms with E-state index in [0.717, 1.165) is 65.4 Å². The van der Waals surface area contributed by atoms with E-state index in [4.69, 9.17) is 14.5 Å². The van der Waals surface area contributed by atoms with E-state index in [9.17, 15) is 14.7 Å². The van der Waals surface area contributed by atoms with Crippen LogP contribution in [0.1, 0.15) is 50.6 Å². The summed E-state index contributed by atoms with van der Waals surface area (Å²) in [7, 11) is 5.04. The van der Waals surface area contributed by atoms with Crippen LogP contribution in [0.3, 0.4) is 0 Å². The third-order valence-electron chi connectivity index (χ3n) is 7.96. The summed E-state index contributed by atoms with van der Waals surface area (Å²) in [5.41, 5.74) is 4.63. The van der Waals surface area contributed by atoms with Gasteiger partial charge in [0.2, 0.25) is 5.95 Å². The van der Waals surface area contributed by atoms with Crippen molar-refractivity contribution in [3.8, 4) is 5.75 Å². The molecule has 5 rings (SSSR count). The van der Waals surface area contributed by atoms with Crippen molar-refractivity contribution in [1.82, 2.24) is 9.55 Å². The second kappa shape index (κ2) is 9.95. The molecule has 1 aliphatic heterocycles. The fraction of sp³-hybridized carbons (Fsp3) is 0.464. The third kappa shape index (κ3) is 4.26. The monoisotopic (exact) mass is 506 g/mol. The van der Waals surface area contributed by atoms with E-state index in [1.165, 1.54) is 7.11 Å². The van der Waals surface area contributed by atoms with Crippen molar-refractivity contribution in [3.63, 3.8) is 0 Å². The molecule has 196 valence electrons. The number of methoxy groups -OCH3 is 2. The lowest BCUT2D eigenvalue weighted by molar-refractivity contribution is -0.143. The lowest BCUT2D eigenvalue weighted by Gasteiger charge is -2.34. The molecule has 0 saturated heterocycles. The Morgan fingerprint density at radius 3 is 2.46 bits per heavy atom. The number of aryl methyl sites for hydroxylation is 1. The van der Waals surface area contributed by atoms with Crippen LogP contribution in [0.15, 0.2) is 36.4 Å². The smallest absolute Gasteiger partial charge is 0.414 e. The molecule has 1 aromatic heterocycles. The van der Waals surface area contributed by atoms with Gasteiger partial charge >= 0.3 is 12.1 Å². The molecule has 2 aromatic carbocycles. The first-order valence-electron chi connectivity index (χ1n) is 12.9. The highest BCUT2D eigenvalue weighted by Crippen LogP contribution is 2.43. The number of carboxylic acids is 1. The number of amides is 1. The van der Waals surface area contributed by atoms with Gasteiger partial charge in [-0.3, -0.25) is 9.69 Å². The first-order chi connectivity index (χ1) is 17.8. The maximum atomic E-state index is 12.7. The summed E-state index contributed by atoms with van der Waals surface area (Å²) >= 11 is 0. The van der Waals surface area contributed by atoms with E-state index in [1.54, 1.807) is 12.0 Å². The van der Waals surface area contributed by atoms with Gasteiger partial charge in [0.05, 0.1) is 42.5 Å². The second-order valence-electron chi connectivity index (χ2n) is 10.0. The second-order valence-corrected chi connectivity index (χ2v) is 10.0. The first-order valence-corrected chi connectivity index (χ1v) is 12.9. The lowest BCUT2D eigenvalue weighted by Crippen LogP contribution is -2.42. The minimum atomic E-state index is -0.716. The normalized spacial score (nSPS) is 21.4. The molecule has 1 fully saturated rings. The summed E-state index contributed by atoms with van der Waals surface area (Å²) in [6.45, 7) is 2.03. The molecule has 2 heterocycles. The van der Waals surface area contributed by atoms with Gasteiger partial charge in [-0.1, -0.05) is 12.1 Å². The van der Waals surface area contributed by atoms with Crippen LogP contribution < -0.4 is 14.5 Å². The number of carbonyl (C=O) groups excluding carboxylic acids is 1. The molecular weight excluding hydrogens is 472 g/mol. The number of hydrogen-bond donors (Lipinski definition) is 1. The molecule has 1 atom stereocenters. The fourth-order valence-corrected chi connectivity index (χ4v) is 5.95. The van der Waals surface area contributed by atoms with Gasteiger partial charge in [-0.05, 0) is 69.7 Å². The maximum absolute atomic E-state index is 12.7. The largest absolute Gasteiger partial charge is 0.495 e. The molecule has 0 unspecified atom stereocenters. The van der Waals surface area contributed by atoms with Crippen LogP contribution in [0.2, 0.25) is 0 Å². The van der Waals surface area contributed by atoms with Gasteiger partial charge in [0, 0.05) is 24.7 Å². The first kappa shape index (κ1) is 24.9. The molecule has 1 amide bonds. The zero-order valence-electron chi connectivity index (χ0n) is 21.8. The maximum Gasteiger partial charge on any atom is 0.414 e. The number of rotatable bonds is 5. The van der Waals surface area contributed by atoms with Crippen LogP contribution in [-0.4, -0.2) is 54.0 Å². The number of carbonyl (C=O) groups is 2. The quantitative estimate of drug-likeness (QED) is 0.485. The minimum Gasteiger partial charge on any atom is -0.495 e. The van der Waals surface area contributed by atoms with Crippen LogP contribution in [0.5, 0.6) is 5.75 Å². The van der Waals surface area contributed by atoms with Crippen molar-refractivity contribution in [2.24, 2.45) is 5.92 Å². The molecule has 9 nitrogen and oxygen atoms in total. The van der Waals surface area contributed by atoms with Crippen molar-refractivity contribution in [2.75, 3.05) is 31.1 Å². The van der Waals surface area contributed by atoms with Crippen LogP contribution in [0.4, 0.5) is 22.1 Å². The summed E-state index contributed by atoms with van der Waals surface area (Å²) in [6.07, 6.45) is 4.05. The van der Waals surface area contributed by atoms with Gasteiger partial charge in [0.25, 0.3) is 0 Å². The predicted octanol–water partition coefficient (Wildman–Crippen LogP) is 5.54. The highest BCUT2D eigenvalue weighted by atomic mass is 16.5. The van der Waals surface area contributed by atoms with Crippen LogP contribution in [-0.2, 0) is 16.0 Å². The van der Waals surface area contributed by atoms with Gasteiger partial charge < -0.3 is 24.0 Å². The van der Waals surface area contributed by atoms with Crippen molar-refractivity contribution >= 4 is 40.4 Å². The average molecular weight is 507 g/mol. The molecule has 1 aliphatic carbocycles. The standard InChI is InChI=1S/C28H34N4O5/c1-17-9-14-20-21(31(17)28(35)37-4)15-16-23-25(20)29-27(30(2)22-7-5-6-8-24(22)36-3)32(23)19-12-10-18(11-13-19)26(33)34/h5-8,15-19H,9-14H2,1-4H3,(H,33,34)/t17-,18?,19?/m0/s1. The molecule has 0 radical (unpaired) electrons. The van der Waals surface area contributed by atoms with Crippen LogP contribution in [0, 0.1) is 5.92 Å². The van der Waals surface area contributed by atoms with Crippen molar-refractivity contribution < 1.29 is 24.2 Å². The van der Waals surface area contributed by atoms with E-state index in [-0.39, 0.29) is 24.1 Å². The average Bonchev–Trinajstić information content (AvgIpc) is 3.32. The van der Waals surface area contributed by atoms with E-state index in [2.05, 4.69) is 4.57 Å². The number of aromatic nitrogens is 2. The number of para-hydroxylation sites is 2. The number of carboxylic acid groups (broad SMARTS) is 1. The van der Waals surface area contributed by atoms with Crippen molar-refractivity contribution in [3.05, 3.63) is 42.0 Å². The zero-order chi connectivity index (χ0) is 26.3. The Bertz CT molecular complexity index is 1330. The van der Waals surface area contributed by atoms with Gasteiger partial charge in [-0.15, -0.1) is 0 Å². The number of hydrogen-bond acceptors (Lipinski definition) is 6. The molecule has 1 saturated carbocycles. The summed E-state index contributed by atoms with van der Waals surface area (Å²) < 4.78 is 13.0. The van der Waals surface area contributed by atoms with Crippen molar-refractivity contribution in [2.45, 2.75) is 57.5 Å². The highest BCUT2D eigenvalue weighted by Gasteiger charge is 2.34. The summed E-state index contributed by atoms with van der Waals surface area (Å²) in [6, 6.07) is 12.0. The Hall–Kier alpha value is -3.75. The van der Waals surface area contributed by atoms with E-state index in [1.807, 2.05) is 55.3 Å². The molecule has 1 N–H and O–H groups in total. The SMILES string of the molecule is COC(=O)N1c2ccc3c(nc(N(C)c4ccccc4OC)n3C3CCC(C(=O)O)CC3)c2CC[C@@H]1C. The number of anilines is 3. The molecule has 2 aliphatic rings. The van der Waals surface area contributed by atoms with E-state index >= 15 is 0 Å². The van der Waals surface area contributed by atoms with Crippen LogP contribution >= 0.6 is 0 Å². The number of imidazole rings is 1. The Balaban J connectivity index is 1.67. The minimum absolute atomic E-state index is 0.0292. The Morgan fingerprint density at radius 2 is 1.78 bits per heavy atom. The highest BCUT2D eigenvalue weighted by molar-refractivity contribution is 5.96. The lowest BCUT2D eigenvalue weighted by atomic mass is 9.86. The van der Waals surface area contributed by atoms with Gasteiger partial charge in [0.15, 0.2) is 0 Å². The van der Waals surface area contributed by atoms with Gasteiger partial charge in [-0.2, -0.15) is 0 Å². The molecule has 9 heteroatoms. The molecule has 0 bridgehead atoms. The van der Waals surface area contributed by atoms with E-state index < -0.39 is 5.97 Å². The molecule has 37 heavy (non-hydrogen) atoms.